The minimum absolute atomic E-state index is 1.15. The second-order valence-corrected chi connectivity index (χ2v) is 15.9. The van der Waals surface area contributed by atoms with Gasteiger partial charge in [0.2, 0.25) is 0 Å². The molecule has 3 rings (SSSR count). The molecule has 3 aromatic carbocycles. The van der Waals surface area contributed by atoms with Gasteiger partial charge in [0.1, 0.15) is 0 Å². The van der Waals surface area contributed by atoms with Crippen LogP contribution in [0.25, 0.3) is 0 Å². The Labute approximate surface area is 281 Å². The molecule has 18 nitrogen and oxygen atoms in total. The second kappa shape index (κ2) is 24.4. The average Bonchev–Trinajstić information content (AvgIpc) is 2.80. The van der Waals surface area contributed by atoms with Crippen molar-refractivity contribution in [2.45, 2.75) is 0 Å². The predicted octanol–water partition coefficient (Wildman–Crippen LogP) is 0.412. The summed E-state index contributed by atoms with van der Waals surface area (Å²) in [4.78, 5) is 0. The van der Waals surface area contributed by atoms with Crippen LogP contribution in [0.5, 0.6) is 0 Å². The van der Waals surface area contributed by atoms with Gasteiger partial charge in [0.25, 0.3) is 10.5 Å². The standard InChI is InChI=1S/C18H15Se.6FHO3S/c1-4-10-16(11-5-1)19(17-12-6-2-7-13-17)18-14-8-3-9-15-18;6*1-5(2,3)4/h1-15H;6*(H,2,3,4)/q+1;;;;;;/p-1. The van der Waals surface area contributed by atoms with Gasteiger partial charge in [-0.25, -0.2) is 8.42 Å². The molecule has 5 N–H and O–H groups in total. The molecule has 49 heavy (non-hydrogen) atoms. The summed E-state index contributed by atoms with van der Waals surface area (Å²) in [6.07, 6.45) is 0. The van der Waals surface area contributed by atoms with Gasteiger partial charge in [-0.15, -0.1) is 3.89 Å². The Morgan fingerprint density at radius 3 is 0.571 bits per heavy atom. The van der Waals surface area contributed by atoms with Crippen LogP contribution in [-0.4, -0.2) is 91.7 Å². The van der Waals surface area contributed by atoms with Crippen molar-refractivity contribution in [1.82, 2.24) is 0 Å². The molecule has 0 aliphatic rings. The molecule has 0 aromatic heterocycles. The van der Waals surface area contributed by atoms with Gasteiger partial charge in [0.05, 0.1) is 0 Å². The monoisotopic (exact) mass is 910 g/mol. The minimum atomic E-state index is -5.42. The first-order valence-electron chi connectivity index (χ1n) is 10.3. The van der Waals surface area contributed by atoms with E-state index in [0.29, 0.717) is 0 Å². The van der Waals surface area contributed by atoms with Gasteiger partial charge in [-0.1, -0.05) is 19.4 Å². The molecule has 0 saturated carbocycles. The Morgan fingerprint density at radius 2 is 0.469 bits per heavy atom. The van der Waals surface area contributed by atoms with E-state index < -0.39 is 76.9 Å². The Balaban J connectivity index is -0.000000280. The van der Waals surface area contributed by atoms with Crippen molar-refractivity contribution in [3.05, 3.63) is 91.0 Å². The van der Waals surface area contributed by atoms with E-state index in [-0.39, 0.29) is 0 Å². The topological polar surface area (TPSA) is 329 Å². The van der Waals surface area contributed by atoms with Crippen LogP contribution in [-0.2, 0) is 63.0 Å². The van der Waals surface area contributed by atoms with E-state index in [1.54, 1.807) is 0 Å². The van der Waals surface area contributed by atoms with Crippen LogP contribution in [0.4, 0.5) is 23.3 Å². The van der Waals surface area contributed by atoms with Crippen LogP contribution in [0.2, 0.25) is 0 Å². The van der Waals surface area contributed by atoms with Crippen molar-refractivity contribution in [2.75, 3.05) is 0 Å². The van der Waals surface area contributed by atoms with E-state index in [2.05, 4.69) is 91.0 Å². The molecule has 3 aromatic rings. The number of hydrogen-bond donors (Lipinski definition) is 5. The van der Waals surface area contributed by atoms with Crippen molar-refractivity contribution in [1.29, 1.82) is 0 Å². The van der Waals surface area contributed by atoms with Gasteiger partial charge < -0.3 is 4.55 Å². The van der Waals surface area contributed by atoms with Crippen LogP contribution in [0.1, 0.15) is 0 Å². The van der Waals surface area contributed by atoms with Crippen LogP contribution in [0.15, 0.2) is 91.0 Å². The molecule has 0 bridgehead atoms. The first kappa shape index (κ1) is 53.0. The first-order valence-corrected chi connectivity index (χ1v) is 20.9. The molecule has 0 heterocycles. The van der Waals surface area contributed by atoms with Crippen LogP contribution < -0.4 is 13.4 Å². The maximum absolute atomic E-state index is 10.2. The maximum atomic E-state index is 10.2. The SMILES string of the molecule is O=S(=O)(O)F.O=S(=O)(O)F.O=S(=O)(O)F.O=S(=O)(O)F.O=S(=O)(O)F.O=S(=O)([O-])F.c1ccc([Se+](c2ccccc2)c2ccccc2)cc1. The number of benzene rings is 3. The molecule has 0 radical (unpaired) electrons. The van der Waals surface area contributed by atoms with Gasteiger partial charge in [-0.05, 0) is 0 Å². The van der Waals surface area contributed by atoms with Crippen LogP contribution in [0.3, 0.4) is 0 Å². The van der Waals surface area contributed by atoms with Gasteiger partial charge in [0, 0.05) is 0 Å². The third kappa shape index (κ3) is 76.5. The quantitative estimate of drug-likeness (QED) is 0.103. The molecule has 0 atom stereocenters. The molecule has 0 aliphatic carbocycles. The number of halogens is 6. The zero-order chi connectivity index (χ0) is 39.9. The van der Waals surface area contributed by atoms with Crippen molar-refractivity contribution >= 4 is 90.3 Å². The average molecular weight is 910 g/mol. The summed E-state index contributed by atoms with van der Waals surface area (Å²) in [7, 11) is -31.2. The summed E-state index contributed by atoms with van der Waals surface area (Å²) in [5, 5.41) is 0. The fourth-order valence-electron chi connectivity index (χ4n) is 2.08. The summed E-state index contributed by atoms with van der Waals surface area (Å²) in [6.45, 7) is 0. The Bertz CT molecular complexity index is 1630. The Hall–Kier alpha value is -2.78. The molecular formula is C18H20F6O18S6Se. The van der Waals surface area contributed by atoms with E-state index in [4.69, 9.17) is 77.8 Å². The van der Waals surface area contributed by atoms with E-state index >= 15 is 0 Å². The van der Waals surface area contributed by atoms with Gasteiger partial charge in [0.15, 0.2) is 0 Å². The molecule has 0 spiro atoms. The molecule has 0 fully saturated rings. The molecule has 31 heteroatoms. The normalized spacial score (nSPS) is 11.2. The zero-order valence-corrected chi connectivity index (χ0v) is 29.4. The molecule has 0 unspecified atom stereocenters. The summed E-state index contributed by atoms with van der Waals surface area (Å²) in [5.74, 6) is 0. The Morgan fingerprint density at radius 1 is 0.367 bits per heavy atom. The van der Waals surface area contributed by atoms with Crippen LogP contribution >= 0.6 is 0 Å². The summed E-state index contributed by atoms with van der Waals surface area (Å²) in [5.41, 5.74) is 0. The van der Waals surface area contributed by atoms with Crippen molar-refractivity contribution in [3.63, 3.8) is 0 Å². The molecule has 0 amide bonds. The van der Waals surface area contributed by atoms with Crippen molar-refractivity contribution in [2.24, 2.45) is 0 Å². The molecular weight excluding hydrogens is 890 g/mol. The Kier molecular flexibility index (Phi) is 26.4. The fraction of sp³-hybridized carbons (Fsp3) is 0. The summed E-state index contributed by atoms with van der Waals surface area (Å²) in [6, 6.07) is 32.6. The molecule has 284 valence electrons. The van der Waals surface area contributed by atoms with Crippen molar-refractivity contribution in [3.8, 4) is 0 Å². The molecule has 0 saturated heterocycles. The van der Waals surface area contributed by atoms with Gasteiger partial charge in [-0.3, -0.25) is 22.8 Å². The molecule has 0 aliphatic heterocycles. The predicted molar refractivity (Wildman–Crippen MR) is 158 cm³/mol. The van der Waals surface area contributed by atoms with E-state index in [9.17, 15) is 23.3 Å². The first-order chi connectivity index (χ1) is 21.4. The van der Waals surface area contributed by atoms with E-state index in [1.807, 2.05) is 0 Å². The van der Waals surface area contributed by atoms with Crippen LogP contribution in [0, 0.1) is 0 Å². The zero-order valence-electron chi connectivity index (χ0n) is 22.8. The van der Waals surface area contributed by atoms with E-state index in [0.717, 1.165) is 0 Å². The van der Waals surface area contributed by atoms with Gasteiger partial charge in [-0.2, -0.15) is 42.1 Å². The third-order valence-electron chi connectivity index (χ3n) is 2.94. The van der Waals surface area contributed by atoms with Crippen molar-refractivity contribution < 1.29 is 101 Å². The summed E-state index contributed by atoms with van der Waals surface area (Å²) < 4.78 is 210. The third-order valence-corrected chi connectivity index (χ3v) is 7.62. The number of rotatable bonds is 3. The van der Waals surface area contributed by atoms with E-state index in [1.165, 1.54) is 13.4 Å². The second-order valence-electron chi connectivity index (χ2n) is 6.70. The fourth-order valence-corrected chi connectivity index (χ4v) is 6.49. The van der Waals surface area contributed by atoms with Gasteiger partial charge >= 0.3 is 171 Å². The number of hydrogen-bond acceptors (Lipinski definition) is 13. The summed E-state index contributed by atoms with van der Waals surface area (Å²) >= 11 is -1.15.